The number of ether oxygens (including phenoxy) is 1. The van der Waals surface area contributed by atoms with E-state index in [-0.39, 0.29) is 5.92 Å². The first-order valence-corrected chi connectivity index (χ1v) is 17.2. The van der Waals surface area contributed by atoms with E-state index in [9.17, 15) is 13.3 Å². The van der Waals surface area contributed by atoms with Gasteiger partial charge >= 0.3 is 0 Å². The van der Waals surface area contributed by atoms with Crippen LogP contribution in [0.25, 0.3) is 0 Å². The van der Waals surface area contributed by atoms with Crippen LogP contribution in [-0.2, 0) is 11.1 Å². The van der Waals surface area contributed by atoms with Gasteiger partial charge in [-0.3, -0.25) is 4.57 Å². The van der Waals surface area contributed by atoms with Gasteiger partial charge in [-0.15, -0.1) is 0 Å². The fraction of sp³-hybridized carbons (Fsp3) is 0.333. The van der Waals surface area contributed by atoms with Gasteiger partial charge in [-0.05, 0) is 104 Å². The number of rotatable bonds is 16. The molecule has 2 atom stereocenters. The highest BCUT2D eigenvalue weighted by atomic mass is 31.2. The summed E-state index contributed by atoms with van der Waals surface area (Å²) in [7, 11) is -2.68. The summed E-state index contributed by atoms with van der Waals surface area (Å²) in [6.45, 7) is 7.83. The second-order valence-corrected chi connectivity index (χ2v) is 13.9. The van der Waals surface area contributed by atoms with E-state index >= 15 is 0 Å². The molecule has 4 rings (SSSR count). The molecular formula is C36H42F2NO3P. The molecule has 228 valence electrons. The van der Waals surface area contributed by atoms with E-state index in [4.69, 9.17) is 9.26 Å². The highest BCUT2D eigenvalue weighted by molar-refractivity contribution is 7.58. The second-order valence-electron chi connectivity index (χ2n) is 11.2. The molecule has 4 nitrogen and oxygen atoms in total. The molecule has 0 fully saturated rings. The van der Waals surface area contributed by atoms with Crippen molar-refractivity contribution in [3.63, 3.8) is 0 Å². The number of hydrogen-bond donors (Lipinski definition) is 1. The van der Waals surface area contributed by atoms with E-state index in [0.29, 0.717) is 30.6 Å². The number of nitrogens with one attached hydrogen (secondary N) is 1. The van der Waals surface area contributed by atoms with E-state index in [1.165, 1.54) is 11.6 Å². The molecule has 0 amide bonds. The molecule has 4 aromatic carbocycles. The van der Waals surface area contributed by atoms with Gasteiger partial charge in [0.25, 0.3) is 0 Å². The van der Waals surface area contributed by atoms with Crippen LogP contribution >= 0.6 is 7.37 Å². The molecule has 0 aliphatic carbocycles. The molecule has 7 heteroatoms. The van der Waals surface area contributed by atoms with Crippen molar-refractivity contribution >= 4 is 7.37 Å². The monoisotopic (exact) mass is 605 g/mol. The third kappa shape index (κ3) is 10.3. The Morgan fingerprint density at radius 2 is 1.58 bits per heavy atom. The van der Waals surface area contributed by atoms with Gasteiger partial charge in [-0.25, -0.2) is 8.78 Å². The zero-order chi connectivity index (χ0) is 30.7. The molecule has 0 heterocycles. The Morgan fingerprint density at radius 3 is 2.30 bits per heavy atom. The van der Waals surface area contributed by atoms with Crippen molar-refractivity contribution in [2.24, 2.45) is 0 Å². The summed E-state index contributed by atoms with van der Waals surface area (Å²) in [6, 6.07) is 27.4. The molecular weight excluding hydrogens is 563 g/mol. The molecule has 0 aliphatic heterocycles. The van der Waals surface area contributed by atoms with Crippen LogP contribution in [0.15, 0.2) is 91.0 Å². The van der Waals surface area contributed by atoms with Crippen LogP contribution in [0.2, 0.25) is 0 Å². The van der Waals surface area contributed by atoms with Gasteiger partial charge in [0.2, 0.25) is 7.37 Å². The minimum absolute atomic E-state index is 0.146. The number of benzene rings is 4. The summed E-state index contributed by atoms with van der Waals surface area (Å²) >= 11 is 0. The number of hydrogen-bond acceptors (Lipinski definition) is 4. The molecule has 0 radical (unpaired) electrons. The molecule has 0 aliphatic rings. The summed E-state index contributed by atoms with van der Waals surface area (Å²) in [6.07, 6.45) is 3.69. The lowest BCUT2D eigenvalue weighted by Crippen LogP contribution is -2.16. The topological polar surface area (TPSA) is 47.6 Å². The van der Waals surface area contributed by atoms with E-state index in [1.54, 1.807) is 12.7 Å². The number of aryl methyl sites for hydroxylation is 2. The van der Waals surface area contributed by atoms with E-state index in [2.05, 4.69) is 31.3 Å². The van der Waals surface area contributed by atoms with Crippen LogP contribution in [0, 0.1) is 25.5 Å². The molecule has 0 saturated heterocycles. The third-order valence-electron chi connectivity index (χ3n) is 7.64. The summed E-state index contributed by atoms with van der Waals surface area (Å²) in [5.74, 6) is 0.242. The second kappa shape index (κ2) is 15.8. The van der Waals surface area contributed by atoms with Crippen molar-refractivity contribution in [2.45, 2.75) is 52.0 Å². The predicted octanol–water partition coefficient (Wildman–Crippen LogP) is 9.43. The van der Waals surface area contributed by atoms with Crippen molar-refractivity contribution in [1.82, 2.24) is 5.32 Å². The molecule has 0 spiro atoms. The van der Waals surface area contributed by atoms with Crippen LogP contribution in [0.5, 0.6) is 11.5 Å². The first kappa shape index (κ1) is 32.4. The van der Waals surface area contributed by atoms with Gasteiger partial charge in [-0.1, -0.05) is 54.6 Å². The zero-order valence-electron chi connectivity index (χ0n) is 25.3. The normalized spacial score (nSPS) is 13.3. The Bertz CT molecular complexity index is 1490. The summed E-state index contributed by atoms with van der Waals surface area (Å²) in [5, 5.41) is 3.40. The fourth-order valence-corrected chi connectivity index (χ4v) is 6.48. The van der Waals surface area contributed by atoms with Gasteiger partial charge in [0.15, 0.2) is 0 Å². The predicted molar refractivity (Wildman–Crippen MR) is 172 cm³/mol. The Morgan fingerprint density at radius 1 is 0.814 bits per heavy atom. The Kier molecular flexibility index (Phi) is 12.0. The van der Waals surface area contributed by atoms with Gasteiger partial charge in [0.1, 0.15) is 23.1 Å². The molecule has 0 bridgehead atoms. The Balaban J connectivity index is 1.18. The van der Waals surface area contributed by atoms with Gasteiger partial charge in [0.05, 0.1) is 6.61 Å². The first-order chi connectivity index (χ1) is 20.7. The SMILES string of the molecule is Cc1ccc(C(CCCCOc2ccc(CNCCCP(C)(=O)Oc3ccccc3)cc2)c2ccc(F)cc2F)cc1C. The molecule has 0 aromatic heterocycles. The van der Waals surface area contributed by atoms with Crippen molar-refractivity contribution < 1.29 is 22.6 Å². The van der Waals surface area contributed by atoms with Crippen LogP contribution < -0.4 is 14.6 Å². The maximum Gasteiger partial charge on any atom is 0.245 e. The van der Waals surface area contributed by atoms with Crippen LogP contribution in [-0.4, -0.2) is 26.0 Å². The number of unbranched alkanes of at least 4 members (excludes halogenated alkanes) is 1. The molecule has 0 saturated carbocycles. The quantitative estimate of drug-likeness (QED) is 0.102. The van der Waals surface area contributed by atoms with Crippen molar-refractivity contribution in [3.8, 4) is 11.5 Å². The molecule has 4 aromatic rings. The first-order valence-electron chi connectivity index (χ1n) is 15.0. The Hall–Kier alpha value is -3.47. The minimum atomic E-state index is -2.68. The minimum Gasteiger partial charge on any atom is -0.494 e. The van der Waals surface area contributed by atoms with Crippen molar-refractivity contribution in [1.29, 1.82) is 0 Å². The van der Waals surface area contributed by atoms with E-state index in [0.717, 1.165) is 60.7 Å². The maximum absolute atomic E-state index is 14.7. The summed E-state index contributed by atoms with van der Waals surface area (Å²) < 4.78 is 52.7. The fourth-order valence-electron chi connectivity index (χ4n) is 5.09. The third-order valence-corrected chi connectivity index (χ3v) is 9.36. The van der Waals surface area contributed by atoms with Gasteiger partial charge in [-0.2, -0.15) is 0 Å². The highest BCUT2D eigenvalue weighted by Gasteiger charge is 2.19. The average molecular weight is 606 g/mol. The maximum atomic E-state index is 14.7. The highest BCUT2D eigenvalue weighted by Crippen LogP contribution is 2.43. The van der Waals surface area contributed by atoms with Gasteiger partial charge < -0.3 is 14.6 Å². The van der Waals surface area contributed by atoms with Crippen LogP contribution in [0.1, 0.15) is 59.4 Å². The average Bonchev–Trinajstić information content (AvgIpc) is 2.98. The summed E-state index contributed by atoms with van der Waals surface area (Å²) in [4.78, 5) is 0. The lowest BCUT2D eigenvalue weighted by molar-refractivity contribution is 0.304. The molecule has 2 unspecified atom stereocenters. The van der Waals surface area contributed by atoms with Crippen molar-refractivity contribution in [3.05, 3.63) is 130 Å². The standard InChI is InChI=1S/C36H42F2NO3P/c1-27-13-16-30(24-28(27)2)34(35-20-17-31(37)25-36(35)38)12-7-8-22-41-32-18-14-29(15-19-32)26-39-21-9-23-43(3,40)42-33-10-5-4-6-11-33/h4-6,10-11,13-20,24-25,34,39H,7-9,12,21-23,26H2,1-3H3. The summed E-state index contributed by atoms with van der Waals surface area (Å²) in [5.41, 5.74) is 5.06. The van der Waals surface area contributed by atoms with E-state index < -0.39 is 19.0 Å². The van der Waals surface area contributed by atoms with Crippen LogP contribution in [0.4, 0.5) is 8.78 Å². The number of halogens is 2. The zero-order valence-corrected chi connectivity index (χ0v) is 26.2. The van der Waals surface area contributed by atoms with Gasteiger partial charge in [0, 0.05) is 31.4 Å². The van der Waals surface area contributed by atoms with Crippen LogP contribution in [0.3, 0.4) is 0 Å². The molecule has 43 heavy (non-hydrogen) atoms. The molecule has 1 N–H and O–H groups in total. The number of para-hydroxylation sites is 1. The largest absolute Gasteiger partial charge is 0.494 e. The smallest absolute Gasteiger partial charge is 0.245 e. The lowest BCUT2D eigenvalue weighted by atomic mass is 9.85. The Labute approximate surface area is 254 Å². The lowest BCUT2D eigenvalue weighted by Gasteiger charge is -2.20. The van der Waals surface area contributed by atoms with E-state index in [1.807, 2.05) is 60.7 Å². The van der Waals surface area contributed by atoms with Crippen molar-refractivity contribution in [2.75, 3.05) is 26.0 Å².